The quantitative estimate of drug-likeness (QED) is 0.0858. The second-order valence-electron chi connectivity index (χ2n) is 15.1. The Labute approximate surface area is 333 Å². The van der Waals surface area contributed by atoms with Gasteiger partial charge in [0.2, 0.25) is 17.7 Å². The minimum absolute atomic E-state index is 0.730. The lowest BCUT2D eigenvalue weighted by Gasteiger charge is -2.53. The normalized spacial score (nSPS) is 42.1. The zero-order valence-corrected chi connectivity index (χ0v) is 31.7. The van der Waals surface area contributed by atoms with Gasteiger partial charge in [0.05, 0.1) is 43.0 Å². The molecular weight excluding hydrogens is 806 g/mol. The molecule has 0 bridgehead atoms. The maximum absolute atomic E-state index is 13.5. The largest absolute Gasteiger partial charge is 0.477 e. The first-order chi connectivity index (χ1) is 27.5. The van der Waals surface area contributed by atoms with Gasteiger partial charge in [0.1, 0.15) is 68.1 Å². The van der Waals surface area contributed by atoms with Crippen molar-refractivity contribution >= 4 is 35.6 Å². The lowest BCUT2D eigenvalue weighted by Crippen LogP contribution is -2.73. The van der Waals surface area contributed by atoms with Gasteiger partial charge in [-0.25, -0.2) is 14.4 Å². The number of amides is 3. The molecular formula is C33H49N3O23. The van der Waals surface area contributed by atoms with Crippen LogP contribution in [0.2, 0.25) is 0 Å². The van der Waals surface area contributed by atoms with Crippen LogP contribution < -0.4 is 16.0 Å². The topological polar surface area (TPSA) is 405 Å². The van der Waals surface area contributed by atoms with Crippen molar-refractivity contribution in [2.45, 2.75) is 149 Å². The molecule has 18 atom stereocenters. The number of carboxylic acids is 1. The van der Waals surface area contributed by atoms with E-state index in [0.717, 1.165) is 20.8 Å². The molecule has 26 nitrogen and oxygen atoms in total. The van der Waals surface area contributed by atoms with Gasteiger partial charge in [0, 0.05) is 40.0 Å². The average Bonchev–Trinajstić information content (AvgIpc) is 3.15. The number of cyclic esters (lactones) is 2. The van der Waals surface area contributed by atoms with Crippen LogP contribution in [0.3, 0.4) is 0 Å². The number of aliphatic hydroxyl groups is 9. The van der Waals surface area contributed by atoms with Gasteiger partial charge in [-0.15, -0.1) is 0 Å². The van der Waals surface area contributed by atoms with E-state index in [-0.39, 0.29) is 0 Å². The van der Waals surface area contributed by atoms with E-state index in [4.69, 9.17) is 33.2 Å². The number of aliphatic hydroxyl groups excluding tert-OH is 8. The highest BCUT2D eigenvalue weighted by atomic mass is 16.8. The highest BCUT2D eigenvalue weighted by Gasteiger charge is 2.64. The average molecular weight is 856 g/mol. The summed E-state index contributed by atoms with van der Waals surface area (Å²) in [7, 11) is 0. The Bertz CT molecular complexity index is 1620. The van der Waals surface area contributed by atoms with Gasteiger partial charge in [0.25, 0.3) is 17.4 Å². The van der Waals surface area contributed by atoms with E-state index in [9.17, 15) is 79.8 Å². The first-order valence-corrected chi connectivity index (χ1v) is 18.4. The van der Waals surface area contributed by atoms with Crippen molar-refractivity contribution in [3.05, 3.63) is 0 Å². The van der Waals surface area contributed by atoms with Gasteiger partial charge in [-0.1, -0.05) is 0 Å². The van der Waals surface area contributed by atoms with Crippen LogP contribution in [-0.2, 0) is 61.9 Å². The molecule has 3 amide bonds. The van der Waals surface area contributed by atoms with Crippen molar-refractivity contribution in [3.63, 3.8) is 0 Å². The van der Waals surface area contributed by atoms with Gasteiger partial charge in [-0.2, -0.15) is 0 Å². The summed E-state index contributed by atoms with van der Waals surface area (Å²) in [4.78, 5) is 74.9. The van der Waals surface area contributed by atoms with Gasteiger partial charge in [-0.3, -0.25) is 14.4 Å². The maximum Gasteiger partial charge on any atom is 0.367 e. The third kappa shape index (κ3) is 9.30. The van der Waals surface area contributed by atoms with Crippen LogP contribution in [0.15, 0.2) is 0 Å². The molecule has 5 heterocycles. The summed E-state index contributed by atoms with van der Waals surface area (Å²) < 4.78 is 39.3. The van der Waals surface area contributed by atoms with Gasteiger partial charge in [0.15, 0.2) is 0 Å². The Hall–Kier alpha value is -3.74. The fourth-order valence-corrected chi connectivity index (χ4v) is 7.81. The van der Waals surface area contributed by atoms with Crippen molar-refractivity contribution in [1.29, 1.82) is 0 Å². The molecule has 5 rings (SSSR count). The van der Waals surface area contributed by atoms with Crippen LogP contribution in [0, 0.1) is 0 Å². The van der Waals surface area contributed by atoms with Gasteiger partial charge < -0.3 is 100 Å². The number of carboxylic acid groups (broad SMARTS) is 1. The number of carbonyl (C=O) groups is 6. The summed E-state index contributed by atoms with van der Waals surface area (Å²) in [6, 6.07) is -4.69. The first kappa shape index (κ1) is 46.3. The lowest BCUT2D eigenvalue weighted by molar-refractivity contribution is -0.373. The second kappa shape index (κ2) is 17.7. The number of nitrogens with one attached hydrogen (secondary N) is 3. The van der Waals surface area contributed by atoms with Crippen LogP contribution >= 0.6 is 0 Å². The van der Waals surface area contributed by atoms with Crippen LogP contribution in [0.4, 0.5) is 0 Å². The second-order valence-corrected chi connectivity index (χ2v) is 15.1. The molecule has 0 saturated carbocycles. The van der Waals surface area contributed by atoms with Crippen LogP contribution in [-0.4, -0.2) is 215 Å². The molecule has 0 aliphatic carbocycles. The molecule has 5 saturated heterocycles. The predicted molar refractivity (Wildman–Crippen MR) is 180 cm³/mol. The molecule has 0 radical (unpaired) electrons. The smallest absolute Gasteiger partial charge is 0.367 e. The molecule has 0 aromatic carbocycles. The van der Waals surface area contributed by atoms with Gasteiger partial charge >= 0.3 is 17.9 Å². The highest BCUT2D eigenvalue weighted by Crippen LogP contribution is 2.42. The van der Waals surface area contributed by atoms with E-state index < -0.39 is 183 Å². The zero-order chi connectivity index (χ0) is 43.9. The monoisotopic (exact) mass is 855 g/mol. The standard InChI is InChI=1S/C33H49N3O23/c1-10(38)34-19-13(41)4-31(52,28(48)49)57-26(19)23(46)17-8-53-30(51)33(55-17)6-15(43)21(36-12(3)40)27(59-33)24(47)18-9-54-29(50)32(56-18)5-14(42)20(35-11(2)39)25(58-32)22(45)16(44)7-37/h13-27,37,41-47,52H,4-9H2,1-3H3,(H,34,38)(H,35,39)(H,36,40)(H,48,49)/t13-,14-,15-,16+,17-,18-,19+,20+,21+,22+,23+,24+,25+,26?,27+,31-,32+,33+/m0/s1. The highest BCUT2D eigenvalue weighted by molar-refractivity contribution is 5.80. The van der Waals surface area contributed by atoms with Crippen molar-refractivity contribution < 1.29 is 113 Å². The van der Waals surface area contributed by atoms with Crippen molar-refractivity contribution in [1.82, 2.24) is 16.0 Å². The van der Waals surface area contributed by atoms with E-state index in [2.05, 4.69) is 16.0 Å². The molecule has 26 heteroatoms. The van der Waals surface area contributed by atoms with Crippen LogP contribution in [0.5, 0.6) is 0 Å². The van der Waals surface area contributed by atoms with Crippen molar-refractivity contribution in [3.8, 4) is 0 Å². The summed E-state index contributed by atoms with van der Waals surface area (Å²) in [6.07, 6.45) is -25.9. The molecule has 2 spiro atoms. The maximum atomic E-state index is 13.5. The molecule has 0 aromatic heterocycles. The van der Waals surface area contributed by atoms with E-state index in [1.807, 2.05) is 0 Å². The molecule has 334 valence electrons. The minimum atomic E-state index is -3.08. The predicted octanol–water partition coefficient (Wildman–Crippen LogP) is -8.56. The summed E-state index contributed by atoms with van der Waals surface area (Å²) >= 11 is 0. The molecule has 5 aliphatic heterocycles. The number of aliphatic carboxylic acids is 1. The SMILES string of the molecule is CC(=O)N[C@H]1[C@H]([C@H](O)[C@H](O)CO)O[C@@]2(C[C@@H]1O)O[C@H]([C@@H](O)[C@@H]1O[C@@]3(C[C@H](O)[C@H]1NC(C)=O)O[C@H]([C@@H](O)C1O[C@](O)(C(=O)O)C[C@H](O)[C@H]1NC(C)=O)COC3=O)COC2=O. The van der Waals surface area contributed by atoms with E-state index >= 15 is 0 Å². The number of esters is 2. The fourth-order valence-electron chi connectivity index (χ4n) is 7.81. The number of hydrogen-bond donors (Lipinski definition) is 13. The molecule has 1 unspecified atom stereocenters. The summed E-state index contributed by atoms with van der Waals surface area (Å²) in [5, 5.41) is 114. The summed E-state index contributed by atoms with van der Waals surface area (Å²) in [6.45, 7) is 0.452. The van der Waals surface area contributed by atoms with Crippen LogP contribution in [0.25, 0.3) is 0 Å². The molecule has 13 N–H and O–H groups in total. The first-order valence-electron chi connectivity index (χ1n) is 18.4. The Morgan fingerprint density at radius 2 is 1.02 bits per heavy atom. The van der Waals surface area contributed by atoms with Crippen molar-refractivity contribution in [2.75, 3.05) is 19.8 Å². The number of rotatable bonds is 11. The molecule has 5 fully saturated rings. The Balaban J connectivity index is 1.45. The van der Waals surface area contributed by atoms with Crippen molar-refractivity contribution in [2.24, 2.45) is 0 Å². The third-order valence-corrected chi connectivity index (χ3v) is 10.6. The summed E-state index contributed by atoms with van der Waals surface area (Å²) in [5.74, 6) is -15.5. The Morgan fingerprint density at radius 3 is 1.41 bits per heavy atom. The molecule has 5 aliphatic rings. The summed E-state index contributed by atoms with van der Waals surface area (Å²) in [5.41, 5.74) is 0. The van der Waals surface area contributed by atoms with E-state index in [1.54, 1.807) is 0 Å². The zero-order valence-electron chi connectivity index (χ0n) is 31.7. The Kier molecular flexibility index (Phi) is 13.9. The van der Waals surface area contributed by atoms with Crippen LogP contribution in [0.1, 0.15) is 40.0 Å². The Morgan fingerprint density at radius 1 is 0.644 bits per heavy atom. The fraction of sp³-hybridized carbons (Fsp3) is 0.818. The third-order valence-electron chi connectivity index (χ3n) is 10.6. The number of ether oxygens (including phenoxy) is 7. The molecule has 59 heavy (non-hydrogen) atoms. The van der Waals surface area contributed by atoms with E-state index in [0.29, 0.717) is 0 Å². The lowest BCUT2D eigenvalue weighted by atomic mass is 9.86. The van der Waals surface area contributed by atoms with Gasteiger partial charge in [-0.05, 0) is 0 Å². The van der Waals surface area contributed by atoms with E-state index in [1.165, 1.54) is 0 Å². The molecule has 0 aromatic rings. The minimum Gasteiger partial charge on any atom is -0.477 e. The number of carbonyl (C=O) groups excluding carboxylic acids is 5. The number of hydrogen-bond acceptors (Lipinski definition) is 22.